The van der Waals surface area contributed by atoms with Crippen LogP contribution in [0, 0.1) is 0 Å². The second-order valence-corrected chi connectivity index (χ2v) is 2.83. The Bertz CT molecular complexity index is 356. The lowest BCUT2D eigenvalue weighted by Crippen LogP contribution is -1.98. The van der Waals surface area contributed by atoms with Crippen molar-refractivity contribution in [1.29, 1.82) is 0 Å². The molecule has 3 heteroatoms. The summed E-state index contributed by atoms with van der Waals surface area (Å²) >= 11 is 0. The van der Waals surface area contributed by atoms with Gasteiger partial charge in [0, 0.05) is 11.6 Å². The van der Waals surface area contributed by atoms with E-state index in [9.17, 15) is 4.79 Å². The molecule has 15 heavy (non-hydrogen) atoms. The lowest BCUT2D eigenvalue weighted by atomic mass is 10.2. The minimum atomic E-state index is -0.344. The minimum absolute atomic E-state index is 0.344. The first-order valence-electron chi connectivity index (χ1n) is 4.75. The summed E-state index contributed by atoms with van der Waals surface area (Å²) < 4.78 is 9.90. The molecule has 0 unspecified atom stereocenters. The molecule has 0 aliphatic carbocycles. The summed E-state index contributed by atoms with van der Waals surface area (Å²) in [7, 11) is 1.59. The van der Waals surface area contributed by atoms with Crippen LogP contribution in [0.1, 0.15) is 12.5 Å². The highest BCUT2D eigenvalue weighted by atomic mass is 16.5. The first-order chi connectivity index (χ1) is 7.27. The summed E-state index contributed by atoms with van der Waals surface area (Å²) in [6.07, 6.45) is 3.07. The Labute approximate surface area is 89.3 Å². The smallest absolute Gasteiger partial charge is 0.330 e. The van der Waals surface area contributed by atoms with Gasteiger partial charge in [-0.1, -0.05) is 18.2 Å². The number of methoxy groups -OCH3 is 1. The van der Waals surface area contributed by atoms with Gasteiger partial charge in [0.1, 0.15) is 5.75 Å². The van der Waals surface area contributed by atoms with Gasteiger partial charge in [0.2, 0.25) is 0 Å². The first-order valence-corrected chi connectivity index (χ1v) is 4.75. The van der Waals surface area contributed by atoms with Crippen LogP contribution in [0.4, 0.5) is 0 Å². The van der Waals surface area contributed by atoms with Crippen LogP contribution >= 0.6 is 0 Å². The second-order valence-electron chi connectivity index (χ2n) is 2.83. The molecule has 0 aliphatic rings. The molecule has 0 saturated carbocycles. The molecule has 0 saturated heterocycles. The van der Waals surface area contributed by atoms with E-state index in [0.29, 0.717) is 6.61 Å². The van der Waals surface area contributed by atoms with Gasteiger partial charge in [0.25, 0.3) is 0 Å². The normalized spacial score (nSPS) is 10.3. The summed E-state index contributed by atoms with van der Waals surface area (Å²) in [5.74, 6) is 0.390. The molecule has 80 valence electrons. The fourth-order valence-electron chi connectivity index (χ4n) is 1.15. The fourth-order valence-corrected chi connectivity index (χ4v) is 1.15. The van der Waals surface area contributed by atoms with Gasteiger partial charge in [0.05, 0.1) is 13.7 Å². The SMILES string of the molecule is CCOC(=O)C=Cc1ccccc1OC. The monoisotopic (exact) mass is 206 g/mol. The molecule has 0 heterocycles. The highest BCUT2D eigenvalue weighted by Crippen LogP contribution is 2.18. The molecule has 0 N–H and O–H groups in total. The number of esters is 1. The second kappa shape index (κ2) is 5.86. The van der Waals surface area contributed by atoms with E-state index < -0.39 is 0 Å². The molecule has 0 fully saturated rings. The molecule has 0 radical (unpaired) electrons. The van der Waals surface area contributed by atoms with Gasteiger partial charge in [-0.05, 0) is 19.1 Å². The molecule has 0 atom stereocenters. The van der Waals surface area contributed by atoms with Crippen molar-refractivity contribution in [3.05, 3.63) is 35.9 Å². The molecule has 0 aromatic heterocycles. The topological polar surface area (TPSA) is 35.5 Å². The number of hydrogen-bond acceptors (Lipinski definition) is 3. The summed E-state index contributed by atoms with van der Waals surface area (Å²) in [5.41, 5.74) is 0.855. The van der Waals surface area contributed by atoms with Crippen LogP contribution in [0.15, 0.2) is 30.3 Å². The predicted octanol–water partition coefficient (Wildman–Crippen LogP) is 2.27. The first kappa shape index (κ1) is 11.3. The van der Waals surface area contributed by atoms with Crippen molar-refractivity contribution in [2.75, 3.05) is 13.7 Å². The van der Waals surface area contributed by atoms with E-state index in [1.165, 1.54) is 6.08 Å². The van der Waals surface area contributed by atoms with Gasteiger partial charge in [0.15, 0.2) is 0 Å². The molecule has 1 aromatic rings. The van der Waals surface area contributed by atoms with Gasteiger partial charge < -0.3 is 9.47 Å². The number of ether oxygens (including phenoxy) is 2. The Morgan fingerprint density at radius 3 is 2.80 bits per heavy atom. The van der Waals surface area contributed by atoms with Crippen molar-refractivity contribution in [2.24, 2.45) is 0 Å². The van der Waals surface area contributed by atoms with Crippen LogP contribution in [0.2, 0.25) is 0 Å². The average Bonchev–Trinajstić information content (AvgIpc) is 2.27. The average molecular weight is 206 g/mol. The number of carbonyl (C=O) groups is 1. The fraction of sp³-hybridized carbons (Fsp3) is 0.250. The summed E-state index contributed by atoms with van der Waals surface area (Å²) in [6.45, 7) is 2.16. The van der Waals surface area contributed by atoms with Crippen molar-refractivity contribution < 1.29 is 14.3 Å². The van der Waals surface area contributed by atoms with E-state index >= 15 is 0 Å². The summed E-state index contributed by atoms with van der Waals surface area (Å²) in [6, 6.07) is 7.47. The van der Waals surface area contributed by atoms with Crippen LogP contribution in [0.5, 0.6) is 5.75 Å². The third-order valence-corrected chi connectivity index (χ3v) is 1.82. The van der Waals surface area contributed by atoms with Crippen molar-refractivity contribution in [3.8, 4) is 5.75 Å². The third-order valence-electron chi connectivity index (χ3n) is 1.82. The molecular formula is C12H14O3. The summed E-state index contributed by atoms with van der Waals surface area (Å²) in [4.78, 5) is 11.1. The molecule has 0 bridgehead atoms. The predicted molar refractivity (Wildman–Crippen MR) is 58.7 cm³/mol. The van der Waals surface area contributed by atoms with Gasteiger partial charge in [-0.2, -0.15) is 0 Å². The summed E-state index contributed by atoms with van der Waals surface area (Å²) in [5, 5.41) is 0. The number of rotatable bonds is 4. The largest absolute Gasteiger partial charge is 0.496 e. The maximum absolute atomic E-state index is 11.1. The Hall–Kier alpha value is -1.77. The zero-order valence-electron chi connectivity index (χ0n) is 8.90. The van der Waals surface area contributed by atoms with E-state index in [1.54, 1.807) is 20.1 Å². The number of para-hydroxylation sites is 1. The molecule has 0 spiro atoms. The maximum atomic E-state index is 11.1. The molecule has 0 aliphatic heterocycles. The zero-order chi connectivity index (χ0) is 11.1. The highest BCUT2D eigenvalue weighted by molar-refractivity contribution is 5.87. The molecule has 3 nitrogen and oxygen atoms in total. The van der Waals surface area contributed by atoms with E-state index in [2.05, 4.69) is 0 Å². The van der Waals surface area contributed by atoms with E-state index in [0.717, 1.165) is 11.3 Å². The van der Waals surface area contributed by atoms with Crippen LogP contribution in [0.3, 0.4) is 0 Å². The van der Waals surface area contributed by atoms with Gasteiger partial charge >= 0.3 is 5.97 Å². The maximum Gasteiger partial charge on any atom is 0.330 e. The molecule has 1 aromatic carbocycles. The number of benzene rings is 1. The highest BCUT2D eigenvalue weighted by Gasteiger charge is 1.98. The van der Waals surface area contributed by atoms with Crippen LogP contribution in [0.25, 0.3) is 6.08 Å². The van der Waals surface area contributed by atoms with Gasteiger partial charge in [-0.25, -0.2) is 4.79 Å². The number of carbonyl (C=O) groups excluding carboxylic acids is 1. The Kier molecular flexibility index (Phi) is 4.41. The lowest BCUT2D eigenvalue weighted by molar-refractivity contribution is -0.137. The number of hydrogen-bond donors (Lipinski definition) is 0. The van der Waals surface area contributed by atoms with Crippen molar-refractivity contribution in [3.63, 3.8) is 0 Å². The van der Waals surface area contributed by atoms with E-state index in [1.807, 2.05) is 24.3 Å². The molecule has 1 rings (SSSR count). The van der Waals surface area contributed by atoms with E-state index in [4.69, 9.17) is 9.47 Å². The van der Waals surface area contributed by atoms with Crippen LogP contribution < -0.4 is 4.74 Å². The van der Waals surface area contributed by atoms with Crippen molar-refractivity contribution in [2.45, 2.75) is 6.92 Å². The zero-order valence-corrected chi connectivity index (χ0v) is 8.90. The Morgan fingerprint density at radius 1 is 1.40 bits per heavy atom. The molecular weight excluding hydrogens is 192 g/mol. The van der Waals surface area contributed by atoms with Crippen molar-refractivity contribution in [1.82, 2.24) is 0 Å². The Balaban J connectivity index is 2.75. The minimum Gasteiger partial charge on any atom is -0.496 e. The van der Waals surface area contributed by atoms with Crippen molar-refractivity contribution >= 4 is 12.0 Å². The van der Waals surface area contributed by atoms with Gasteiger partial charge in [-0.15, -0.1) is 0 Å². The van der Waals surface area contributed by atoms with Crippen LogP contribution in [-0.4, -0.2) is 19.7 Å². The quantitative estimate of drug-likeness (QED) is 0.560. The standard InChI is InChI=1S/C12H14O3/c1-3-15-12(13)9-8-10-6-4-5-7-11(10)14-2/h4-9H,3H2,1-2H3. The third kappa shape index (κ3) is 3.46. The van der Waals surface area contributed by atoms with E-state index in [-0.39, 0.29) is 5.97 Å². The lowest BCUT2D eigenvalue weighted by Gasteiger charge is -2.03. The van der Waals surface area contributed by atoms with Crippen LogP contribution in [-0.2, 0) is 9.53 Å². The Morgan fingerprint density at radius 2 is 2.13 bits per heavy atom. The van der Waals surface area contributed by atoms with Gasteiger partial charge in [-0.3, -0.25) is 0 Å². The molecule has 0 amide bonds.